The molecule has 2 rings (SSSR count). The molecule has 0 saturated carbocycles. The van der Waals surface area contributed by atoms with E-state index in [1.54, 1.807) is 0 Å². The molecule has 1 N–H and O–H groups in total. The van der Waals surface area contributed by atoms with Crippen molar-refractivity contribution in [1.29, 1.82) is 0 Å². The van der Waals surface area contributed by atoms with Crippen LogP contribution in [0.1, 0.15) is 16.7 Å². The van der Waals surface area contributed by atoms with Crippen LogP contribution < -0.4 is 5.32 Å². The van der Waals surface area contributed by atoms with Crippen molar-refractivity contribution in [2.45, 2.75) is 12.6 Å². The van der Waals surface area contributed by atoms with Crippen molar-refractivity contribution in [3.63, 3.8) is 0 Å². The van der Waals surface area contributed by atoms with E-state index in [2.05, 4.69) is 17.2 Å². The van der Waals surface area contributed by atoms with Crippen LogP contribution in [0, 0.1) is 17.7 Å². The van der Waals surface area contributed by atoms with E-state index in [0.717, 1.165) is 12.1 Å². The van der Waals surface area contributed by atoms with Gasteiger partial charge in [0.15, 0.2) is 0 Å². The summed E-state index contributed by atoms with van der Waals surface area (Å²) in [6.45, 7) is -0.0822. The quantitative estimate of drug-likeness (QED) is 0.637. The van der Waals surface area contributed by atoms with Gasteiger partial charge in [-0.15, -0.1) is 0 Å². The lowest BCUT2D eigenvalue weighted by atomic mass is 10.1. The van der Waals surface area contributed by atoms with Gasteiger partial charge in [0.1, 0.15) is 5.82 Å². The van der Waals surface area contributed by atoms with Crippen LogP contribution in [-0.4, -0.2) is 12.5 Å². The van der Waals surface area contributed by atoms with Gasteiger partial charge in [-0.05, 0) is 30.3 Å². The molecule has 0 spiro atoms. The van der Waals surface area contributed by atoms with Crippen LogP contribution in [0.4, 0.5) is 17.6 Å². The topological polar surface area (TPSA) is 29.1 Å². The molecule has 0 radical (unpaired) electrons. The van der Waals surface area contributed by atoms with E-state index in [9.17, 15) is 22.4 Å². The molecule has 0 bridgehead atoms. The number of hydrogen-bond acceptors (Lipinski definition) is 1. The molecule has 0 saturated heterocycles. The first-order valence-electron chi connectivity index (χ1n) is 7.13. The van der Waals surface area contributed by atoms with Crippen molar-refractivity contribution in [2.75, 3.05) is 6.54 Å². The van der Waals surface area contributed by atoms with Crippen LogP contribution in [0.5, 0.6) is 0 Å². The van der Waals surface area contributed by atoms with Crippen molar-refractivity contribution in [3.8, 4) is 11.8 Å². The van der Waals surface area contributed by atoms with Gasteiger partial charge in [0.05, 0.1) is 18.5 Å². The summed E-state index contributed by atoms with van der Waals surface area (Å²) in [7, 11) is 0. The predicted molar refractivity (Wildman–Crippen MR) is 86.4 cm³/mol. The molecule has 0 unspecified atom stereocenters. The van der Waals surface area contributed by atoms with Crippen molar-refractivity contribution in [2.24, 2.45) is 0 Å². The molecule has 25 heavy (non-hydrogen) atoms. The van der Waals surface area contributed by atoms with Gasteiger partial charge in [0.25, 0.3) is 0 Å². The zero-order valence-corrected chi connectivity index (χ0v) is 13.5. The molecule has 2 nitrogen and oxygen atoms in total. The number of carbonyl (C=O) groups is 1. The molecule has 1 amide bonds. The molecule has 130 valence electrons. The monoisotopic (exact) mass is 369 g/mol. The second-order valence-electron chi connectivity index (χ2n) is 5.03. The summed E-state index contributed by atoms with van der Waals surface area (Å²) in [6, 6.07) is 8.66. The highest BCUT2D eigenvalue weighted by Gasteiger charge is 2.30. The Hall–Kier alpha value is -2.52. The Labute approximate surface area is 146 Å². The minimum atomic E-state index is -4.44. The number of rotatable bonds is 3. The lowest BCUT2D eigenvalue weighted by Gasteiger charge is -2.06. The van der Waals surface area contributed by atoms with Gasteiger partial charge in [-0.1, -0.05) is 35.6 Å². The highest BCUT2D eigenvalue weighted by atomic mass is 35.5. The maximum atomic E-state index is 13.6. The van der Waals surface area contributed by atoms with E-state index in [1.165, 1.54) is 30.3 Å². The maximum absolute atomic E-state index is 13.6. The number of benzene rings is 2. The Morgan fingerprint density at radius 2 is 1.88 bits per heavy atom. The van der Waals surface area contributed by atoms with Crippen molar-refractivity contribution < 1.29 is 22.4 Å². The number of alkyl halides is 3. The number of hydrogen-bond donors (Lipinski definition) is 1. The minimum Gasteiger partial charge on any atom is -0.345 e. The highest BCUT2D eigenvalue weighted by molar-refractivity contribution is 6.31. The molecular weight excluding hydrogens is 358 g/mol. The van der Waals surface area contributed by atoms with Gasteiger partial charge >= 0.3 is 6.18 Å². The standard InChI is InChI=1S/C18H12ClF4NO/c19-15-7-2-8-16(20)14(15)11-17(25)24-9-3-5-12-4-1-6-13(10-12)18(21,22)23/h1-2,4,6-8,10H,9,11H2,(H,24,25). The molecule has 0 aromatic heterocycles. The van der Waals surface area contributed by atoms with Crippen LogP contribution in [0.2, 0.25) is 5.02 Å². The van der Waals surface area contributed by atoms with Crippen LogP contribution in [0.3, 0.4) is 0 Å². The smallest absolute Gasteiger partial charge is 0.345 e. The van der Waals surface area contributed by atoms with Gasteiger partial charge < -0.3 is 5.32 Å². The fourth-order valence-electron chi connectivity index (χ4n) is 1.99. The average Bonchev–Trinajstić information content (AvgIpc) is 2.55. The zero-order chi connectivity index (χ0) is 18.4. The van der Waals surface area contributed by atoms with E-state index in [4.69, 9.17) is 11.6 Å². The van der Waals surface area contributed by atoms with E-state index >= 15 is 0 Å². The fraction of sp³-hybridized carbons (Fsp3) is 0.167. The third-order valence-electron chi connectivity index (χ3n) is 3.20. The van der Waals surface area contributed by atoms with Crippen molar-refractivity contribution in [3.05, 3.63) is 70.0 Å². The summed E-state index contributed by atoms with van der Waals surface area (Å²) in [5.74, 6) is 4.00. The highest BCUT2D eigenvalue weighted by Crippen LogP contribution is 2.29. The number of carbonyl (C=O) groups excluding carboxylic acids is 1. The number of nitrogens with one attached hydrogen (secondary N) is 1. The van der Waals surface area contributed by atoms with Crippen LogP contribution in [-0.2, 0) is 17.4 Å². The Kier molecular flexibility index (Phi) is 6.05. The molecular formula is C18H12ClF4NO. The summed E-state index contributed by atoms with van der Waals surface area (Å²) in [4.78, 5) is 11.8. The van der Waals surface area contributed by atoms with E-state index in [0.29, 0.717) is 0 Å². The summed E-state index contributed by atoms with van der Waals surface area (Å²) in [5, 5.41) is 2.58. The largest absolute Gasteiger partial charge is 0.416 e. The zero-order valence-electron chi connectivity index (χ0n) is 12.8. The number of halogens is 5. The Balaban J connectivity index is 1.93. The fourth-order valence-corrected chi connectivity index (χ4v) is 2.22. The molecule has 0 atom stereocenters. The summed E-state index contributed by atoms with van der Waals surface area (Å²) < 4.78 is 51.3. The van der Waals surface area contributed by atoms with E-state index < -0.39 is 23.5 Å². The molecule has 0 heterocycles. The van der Waals surface area contributed by atoms with Crippen LogP contribution in [0.25, 0.3) is 0 Å². The molecule has 0 aliphatic rings. The summed E-state index contributed by atoms with van der Waals surface area (Å²) in [5.41, 5.74) is -0.536. The summed E-state index contributed by atoms with van der Waals surface area (Å²) >= 11 is 5.83. The van der Waals surface area contributed by atoms with Gasteiger partial charge in [-0.2, -0.15) is 13.2 Å². The third-order valence-corrected chi connectivity index (χ3v) is 3.55. The Bertz CT molecular complexity index is 817. The molecule has 0 aliphatic heterocycles. The second kappa shape index (κ2) is 8.04. The third kappa shape index (κ3) is 5.50. The molecule has 2 aromatic rings. The molecule has 2 aromatic carbocycles. The first-order valence-corrected chi connectivity index (χ1v) is 7.51. The molecule has 0 aliphatic carbocycles. The number of amides is 1. The minimum absolute atomic E-state index is 0.0764. The van der Waals surface area contributed by atoms with Gasteiger partial charge in [-0.3, -0.25) is 4.79 Å². The van der Waals surface area contributed by atoms with Crippen molar-refractivity contribution >= 4 is 17.5 Å². The SMILES string of the molecule is O=C(Cc1c(F)cccc1Cl)NCC#Cc1cccc(C(F)(F)F)c1. The first kappa shape index (κ1) is 18.8. The first-order chi connectivity index (χ1) is 11.8. The summed E-state index contributed by atoms with van der Waals surface area (Å²) in [6.07, 6.45) is -4.69. The lowest BCUT2D eigenvalue weighted by molar-refractivity contribution is -0.137. The molecule has 7 heteroatoms. The normalized spacial score (nSPS) is 10.8. The maximum Gasteiger partial charge on any atom is 0.416 e. The average molecular weight is 370 g/mol. The second-order valence-corrected chi connectivity index (χ2v) is 5.44. The van der Waals surface area contributed by atoms with Crippen molar-refractivity contribution in [1.82, 2.24) is 5.32 Å². The van der Waals surface area contributed by atoms with Gasteiger partial charge in [0, 0.05) is 16.1 Å². The lowest BCUT2D eigenvalue weighted by Crippen LogP contribution is -2.25. The van der Waals surface area contributed by atoms with Gasteiger partial charge in [0.2, 0.25) is 5.91 Å². The Morgan fingerprint density at radius 1 is 1.16 bits per heavy atom. The van der Waals surface area contributed by atoms with Gasteiger partial charge in [-0.25, -0.2) is 4.39 Å². The predicted octanol–water partition coefficient (Wildman–Crippen LogP) is 4.21. The molecule has 0 fully saturated rings. The van der Waals surface area contributed by atoms with E-state index in [1.807, 2.05) is 0 Å². The van der Waals surface area contributed by atoms with Crippen LogP contribution >= 0.6 is 11.6 Å². The van der Waals surface area contributed by atoms with E-state index in [-0.39, 0.29) is 29.1 Å². The Morgan fingerprint density at radius 3 is 2.56 bits per heavy atom. The van der Waals surface area contributed by atoms with Crippen LogP contribution in [0.15, 0.2) is 42.5 Å².